The quantitative estimate of drug-likeness (QED) is 0.901. The number of hydrogen-bond donors (Lipinski definition) is 1. The van der Waals surface area contributed by atoms with E-state index in [1.165, 1.54) is 31.5 Å². The first-order valence-electron chi connectivity index (χ1n) is 7.63. The molecule has 0 aromatic carbocycles. The van der Waals surface area contributed by atoms with E-state index >= 15 is 0 Å². The van der Waals surface area contributed by atoms with Crippen molar-refractivity contribution >= 4 is 0 Å². The highest BCUT2D eigenvalue weighted by atomic mass is 15.3. The minimum Gasteiger partial charge on any atom is -0.314 e. The Morgan fingerprint density at radius 3 is 2.53 bits per heavy atom. The van der Waals surface area contributed by atoms with Crippen LogP contribution in [0.3, 0.4) is 0 Å². The fourth-order valence-electron chi connectivity index (χ4n) is 3.52. The molecule has 0 radical (unpaired) electrons. The standard InChI is InChI=1S/C14H25N5/c1-11(18-9-7-15-8-10-18)14-17-16-12(2)19(14)13-5-3-4-6-13/h11,13,15H,3-10H2,1-2H3. The topological polar surface area (TPSA) is 46.0 Å². The lowest BCUT2D eigenvalue weighted by molar-refractivity contribution is 0.173. The maximum Gasteiger partial charge on any atom is 0.150 e. The summed E-state index contributed by atoms with van der Waals surface area (Å²) in [6.07, 6.45) is 5.29. The Balaban J connectivity index is 1.83. The lowest BCUT2D eigenvalue weighted by Crippen LogP contribution is -2.45. The van der Waals surface area contributed by atoms with Crippen LogP contribution in [0.1, 0.15) is 56.3 Å². The van der Waals surface area contributed by atoms with Gasteiger partial charge in [0.1, 0.15) is 11.6 Å². The molecule has 19 heavy (non-hydrogen) atoms. The number of hydrogen-bond acceptors (Lipinski definition) is 4. The second-order valence-corrected chi connectivity index (χ2v) is 5.88. The number of nitrogens with zero attached hydrogens (tertiary/aromatic N) is 4. The van der Waals surface area contributed by atoms with Crippen LogP contribution in [-0.2, 0) is 0 Å². The number of nitrogens with one attached hydrogen (secondary N) is 1. The Morgan fingerprint density at radius 2 is 1.84 bits per heavy atom. The summed E-state index contributed by atoms with van der Waals surface area (Å²) in [4.78, 5) is 2.52. The van der Waals surface area contributed by atoms with Gasteiger partial charge in [-0.05, 0) is 26.7 Å². The third-order valence-electron chi connectivity index (χ3n) is 4.66. The fraction of sp³-hybridized carbons (Fsp3) is 0.857. The van der Waals surface area contributed by atoms with Gasteiger partial charge in [0.2, 0.25) is 0 Å². The summed E-state index contributed by atoms with van der Waals surface area (Å²) in [5, 5.41) is 12.2. The lowest BCUT2D eigenvalue weighted by atomic mass is 10.2. The first-order chi connectivity index (χ1) is 9.27. The number of piperazine rings is 1. The molecule has 1 atom stereocenters. The maximum atomic E-state index is 4.49. The van der Waals surface area contributed by atoms with Gasteiger partial charge >= 0.3 is 0 Å². The van der Waals surface area contributed by atoms with E-state index in [1.807, 2.05) is 0 Å². The number of rotatable bonds is 3. The summed E-state index contributed by atoms with van der Waals surface area (Å²) in [5.74, 6) is 2.26. The van der Waals surface area contributed by atoms with Crippen LogP contribution >= 0.6 is 0 Å². The highest BCUT2D eigenvalue weighted by molar-refractivity contribution is 5.03. The normalized spacial score (nSPS) is 23.9. The Labute approximate surface area is 115 Å². The summed E-state index contributed by atoms with van der Waals surface area (Å²) in [6.45, 7) is 8.76. The monoisotopic (exact) mass is 263 g/mol. The average Bonchev–Trinajstić information content (AvgIpc) is 3.08. The van der Waals surface area contributed by atoms with E-state index in [0.717, 1.165) is 32.0 Å². The van der Waals surface area contributed by atoms with E-state index in [9.17, 15) is 0 Å². The van der Waals surface area contributed by atoms with Gasteiger partial charge in [-0.25, -0.2) is 0 Å². The molecule has 3 rings (SSSR count). The van der Waals surface area contributed by atoms with E-state index in [0.29, 0.717) is 12.1 Å². The molecule has 0 spiro atoms. The van der Waals surface area contributed by atoms with Gasteiger partial charge in [0.05, 0.1) is 6.04 Å². The van der Waals surface area contributed by atoms with Crippen molar-refractivity contribution in [2.24, 2.45) is 0 Å². The van der Waals surface area contributed by atoms with Crippen molar-refractivity contribution < 1.29 is 0 Å². The van der Waals surface area contributed by atoms with Gasteiger partial charge in [-0.15, -0.1) is 10.2 Å². The van der Waals surface area contributed by atoms with Crippen molar-refractivity contribution in [3.8, 4) is 0 Å². The molecule has 1 saturated carbocycles. The molecule has 0 bridgehead atoms. The predicted octanol–water partition coefficient (Wildman–Crippen LogP) is 1.67. The van der Waals surface area contributed by atoms with E-state index in [4.69, 9.17) is 0 Å². The Kier molecular flexibility index (Phi) is 3.84. The van der Waals surface area contributed by atoms with Gasteiger partial charge in [-0.2, -0.15) is 0 Å². The molecule has 1 aliphatic heterocycles. The van der Waals surface area contributed by atoms with E-state index in [2.05, 4.69) is 38.8 Å². The molecule has 1 unspecified atom stereocenters. The lowest BCUT2D eigenvalue weighted by Gasteiger charge is -2.33. The van der Waals surface area contributed by atoms with Crippen LogP contribution in [0.5, 0.6) is 0 Å². The molecule has 5 nitrogen and oxygen atoms in total. The van der Waals surface area contributed by atoms with Crippen LogP contribution in [0.2, 0.25) is 0 Å². The molecule has 1 aliphatic carbocycles. The molecule has 1 saturated heterocycles. The number of aryl methyl sites for hydroxylation is 1. The highest BCUT2D eigenvalue weighted by Crippen LogP contribution is 2.33. The highest BCUT2D eigenvalue weighted by Gasteiger charge is 2.28. The summed E-state index contributed by atoms with van der Waals surface area (Å²) in [6, 6.07) is 1.01. The number of aromatic nitrogens is 3. The summed E-state index contributed by atoms with van der Waals surface area (Å²) in [7, 11) is 0. The zero-order valence-corrected chi connectivity index (χ0v) is 12.1. The zero-order valence-electron chi connectivity index (χ0n) is 12.1. The van der Waals surface area contributed by atoms with E-state index in [-0.39, 0.29) is 0 Å². The molecular formula is C14H25N5. The molecule has 5 heteroatoms. The minimum atomic E-state index is 0.379. The Morgan fingerprint density at radius 1 is 1.16 bits per heavy atom. The fourth-order valence-corrected chi connectivity index (χ4v) is 3.52. The summed E-state index contributed by atoms with van der Waals surface area (Å²) < 4.78 is 2.42. The second-order valence-electron chi connectivity index (χ2n) is 5.88. The Hall–Kier alpha value is -0.940. The molecule has 1 N–H and O–H groups in total. The van der Waals surface area contributed by atoms with Crippen molar-refractivity contribution in [2.75, 3.05) is 26.2 Å². The van der Waals surface area contributed by atoms with Crippen molar-refractivity contribution in [3.05, 3.63) is 11.6 Å². The van der Waals surface area contributed by atoms with Crippen molar-refractivity contribution in [1.82, 2.24) is 25.0 Å². The van der Waals surface area contributed by atoms with Gasteiger partial charge in [0, 0.05) is 32.2 Å². The van der Waals surface area contributed by atoms with Crippen LogP contribution < -0.4 is 5.32 Å². The second kappa shape index (κ2) is 5.59. The molecule has 2 aliphatic rings. The van der Waals surface area contributed by atoms with Crippen LogP contribution in [-0.4, -0.2) is 45.8 Å². The van der Waals surface area contributed by atoms with Crippen LogP contribution in [0.25, 0.3) is 0 Å². The van der Waals surface area contributed by atoms with E-state index in [1.54, 1.807) is 0 Å². The van der Waals surface area contributed by atoms with Gasteiger partial charge in [0.25, 0.3) is 0 Å². The van der Waals surface area contributed by atoms with Gasteiger partial charge in [0.15, 0.2) is 0 Å². The van der Waals surface area contributed by atoms with Crippen molar-refractivity contribution in [1.29, 1.82) is 0 Å². The smallest absolute Gasteiger partial charge is 0.150 e. The van der Waals surface area contributed by atoms with Gasteiger partial charge in [-0.3, -0.25) is 4.90 Å². The summed E-state index contributed by atoms with van der Waals surface area (Å²) >= 11 is 0. The molecule has 1 aromatic heterocycles. The SMILES string of the molecule is Cc1nnc(C(C)N2CCNCC2)n1C1CCCC1. The molecule has 2 heterocycles. The van der Waals surface area contributed by atoms with Crippen LogP contribution in [0, 0.1) is 6.92 Å². The van der Waals surface area contributed by atoms with Crippen molar-refractivity contribution in [3.63, 3.8) is 0 Å². The van der Waals surface area contributed by atoms with Gasteiger partial charge in [-0.1, -0.05) is 12.8 Å². The third kappa shape index (κ3) is 2.54. The largest absolute Gasteiger partial charge is 0.314 e. The first-order valence-corrected chi connectivity index (χ1v) is 7.63. The predicted molar refractivity (Wildman–Crippen MR) is 75.1 cm³/mol. The average molecular weight is 263 g/mol. The molecular weight excluding hydrogens is 238 g/mol. The molecule has 1 aromatic rings. The molecule has 0 amide bonds. The zero-order chi connectivity index (χ0) is 13.2. The minimum absolute atomic E-state index is 0.379. The van der Waals surface area contributed by atoms with E-state index < -0.39 is 0 Å². The Bertz CT molecular complexity index is 415. The maximum absolute atomic E-state index is 4.49. The first kappa shape index (κ1) is 13.1. The third-order valence-corrected chi connectivity index (χ3v) is 4.66. The van der Waals surface area contributed by atoms with Crippen LogP contribution in [0.4, 0.5) is 0 Å². The van der Waals surface area contributed by atoms with Gasteiger partial charge < -0.3 is 9.88 Å². The molecule has 106 valence electrons. The molecule has 2 fully saturated rings. The van der Waals surface area contributed by atoms with Crippen LogP contribution in [0.15, 0.2) is 0 Å². The van der Waals surface area contributed by atoms with Crippen molar-refractivity contribution in [2.45, 2.75) is 51.6 Å². The summed E-state index contributed by atoms with van der Waals surface area (Å²) in [5.41, 5.74) is 0.